The van der Waals surface area contributed by atoms with Gasteiger partial charge in [0.1, 0.15) is 6.54 Å². The number of aliphatic carboxylic acids is 1. The Morgan fingerprint density at radius 3 is 2.35 bits per heavy atom. The van der Waals surface area contributed by atoms with Gasteiger partial charge in [-0.1, -0.05) is 6.92 Å². The second-order valence-corrected chi connectivity index (χ2v) is 4.82. The van der Waals surface area contributed by atoms with Crippen LogP contribution in [0.3, 0.4) is 0 Å². The molecular weight excluding hydrogens is 266 g/mol. The van der Waals surface area contributed by atoms with Crippen molar-refractivity contribution >= 4 is 17.9 Å². The van der Waals surface area contributed by atoms with E-state index in [1.165, 1.54) is 18.9 Å². The number of hydrogen-bond donors (Lipinski definition) is 4. The van der Waals surface area contributed by atoms with E-state index in [4.69, 9.17) is 5.11 Å². The molecule has 3 amide bonds. The first-order valence-corrected chi connectivity index (χ1v) is 6.39. The van der Waals surface area contributed by atoms with Crippen molar-refractivity contribution in [3.8, 4) is 0 Å². The molecule has 4 N–H and O–H groups in total. The highest BCUT2D eigenvalue weighted by atomic mass is 16.4. The molecule has 0 spiro atoms. The summed E-state index contributed by atoms with van der Waals surface area (Å²) < 4.78 is 0. The highest BCUT2D eigenvalue weighted by molar-refractivity contribution is 5.83. The average molecular weight is 289 g/mol. The van der Waals surface area contributed by atoms with Gasteiger partial charge >= 0.3 is 12.0 Å². The normalized spacial score (nSPS) is 13.2. The Hall–Kier alpha value is -1.83. The van der Waals surface area contributed by atoms with Gasteiger partial charge in [-0.2, -0.15) is 0 Å². The molecule has 116 valence electrons. The zero-order chi connectivity index (χ0) is 15.8. The number of hydrogen-bond acceptors (Lipinski definition) is 4. The van der Waals surface area contributed by atoms with Crippen molar-refractivity contribution in [1.29, 1.82) is 0 Å². The van der Waals surface area contributed by atoms with E-state index in [1.54, 1.807) is 0 Å². The second kappa shape index (κ2) is 8.36. The SMILES string of the molecule is CCCN(CC(=O)NC)C(=O)NCC(C)(O)CC(=O)O. The topological polar surface area (TPSA) is 119 Å². The summed E-state index contributed by atoms with van der Waals surface area (Å²) in [5.41, 5.74) is -1.54. The van der Waals surface area contributed by atoms with Gasteiger partial charge < -0.3 is 25.7 Å². The van der Waals surface area contributed by atoms with E-state index >= 15 is 0 Å². The van der Waals surface area contributed by atoms with Gasteiger partial charge in [0.2, 0.25) is 5.91 Å². The largest absolute Gasteiger partial charge is 0.481 e. The van der Waals surface area contributed by atoms with E-state index in [0.29, 0.717) is 13.0 Å². The van der Waals surface area contributed by atoms with Crippen LogP contribution in [-0.2, 0) is 9.59 Å². The summed E-state index contributed by atoms with van der Waals surface area (Å²) in [7, 11) is 1.47. The second-order valence-electron chi connectivity index (χ2n) is 4.82. The molecule has 20 heavy (non-hydrogen) atoms. The molecule has 8 nitrogen and oxygen atoms in total. The summed E-state index contributed by atoms with van der Waals surface area (Å²) in [6.07, 6.45) is 0.201. The highest BCUT2D eigenvalue weighted by Gasteiger charge is 2.26. The minimum absolute atomic E-state index is 0.0861. The number of carboxylic acids is 1. The van der Waals surface area contributed by atoms with Gasteiger partial charge in [0.25, 0.3) is 0 Å². The maximum absolute atomic E-state index is 11.9. The van der Waals surface area contributed by atoms with Crippen LogP contribution in [-0.4, -0.2) is 65.3 Å². The first-order valence-electron chi connectivity index (χ1n) is 6.39. The van der Waals surface area contributed by atoms with Crippen molar-refractivity contribution in [3.05, 3.63) is 0 Å². The number of carbonyl (C=O) groups excluding carboxylic acids is 2. The summed E-state index contributed by atoms with van der Waals surface area (Å²) in [5, 5.41) is 23.3. The molecular formula is C12H23N3O5. The predicted molar refractivity (Wildman–Crippen MR) is 72.2 cm³/mol. The van der Waals surface area contributed by atoms with E-state index < -0.39 is 24.0 Å². The van der Waals surface area contributed by atoms with Crippen LogP contribution in [0.4, 0.5) is 4.79 Å². The van der Waals surface area contributed by atoms with Crippen LogP contribution >= 0.6 is 0 Å². The molecule has 1 unspecified atom stereocenters. The molecule has 0 aromatic carbocycles. The Kier molecular flexibility index (Phi) is 7.60. The van der Waals surface area contributed by atoms with Crippen molar-refractivity contribution in [2.75, 3.05) is 26.7 Å². The van der Waals surface area contributed by atoms with Crippen molar-refractivity contribution < 1.29 is 24.6 Å². The molecule has 0 radical (unpaired) electrons. The molecule has 0 saturated heterocycles. The van der Waals surface area contributed by atoms with Gasteiger partial charge in [-0.05, 0) is 13.3 Å². The molecule has 0 aliphatic rings. The first kappa shape index (κ1) is 18.2. The molecule has 0 aromatic rings. The van der Waals surface area contributed by atoms with E-state index in [9.17, 15) is 19.5 Å². The molecule has 8 heteroatoms. The Labute approximate surface area is 118 Å². The van der Waals surface area contributed by atoms with E-state index in [-0.39, 0.29) is 19.0 Å². The smallest absolute Gasteiger partial charge is 0.317 e. The maximum atomic E-state index is 11.9. The molecule has 0 aliphatic carbocycles. The third-order valence-electron chi connectivity index (χ3n) is 2.55. The number of carboxylic acid groups (broad SMARTS) is 1. The van der Waals surface area contributed by atoms with Crippen LogP contribution in [0.5, 0.6) is 0 Å². The highest BCUT2D eigenvalue weighted by Crippen LogP contribution is 2.07. The quantitative estimate of drug-likeness (QED) is 0.475. The first-order chi connectivity index (χ1) is 9.21. The molecule has 0 fully saturated rings. The molecule has 0 aliphatic heterocycles. The van der Waals surface area contributed by atoms with Crippen LogP contribution in [0.2, 0.25) is 0 Å². The predicted octanol–water partition coefficient (Wildman–Crippen LogP) is -0.620. The Morgan fingerprint density at radius 1 is 1.30 bits per heavy atom. The van der Waals surface area contributed by atoms with Crippen LogP contribution in [0.25, 0.3) is 0 Å². The lowest BCUT2D eigenvalue weighted by Crippen LogP contribution is -2.49. The molecule has 0 heterocycles. The summed E-state index contributed by atoms with van der Waals surface area (Å²) in [6.45, 7) is 3.29. The minimum Gasteiger partial charge on any atom is -0.481 e. The van der Waals surface area contributed by atoms with E-state index in [2.05, 4.69) is 10.6 Å². The van der Waals surface area contributed by atoms with Crippen molar-refractivity contribution in [2.24, 2.45) is 0 Å². The van der Waals surface area contributed by atoms with Crippen LogP contribution in [0.1, 0.15) is 26.7 Å². The fraction of sp³-hybridized carbons (Fsp3) is 0.750. The molecule has 0 saturated carbocycles. The van der Waals surface area contributed by atoms with Gasteiger partial charge in [-0.25, -0.2) is 4.79 Å². The van der Waals surface area contributed by atoms with Gasteiger partial charge in [0.15, 0.2) is 0 Å². The van der Waals surface area contributed by atoms with Crippen molar-refractivity contribution in [3.63, 3.8) is 0 Å². The van der Waals surface area contributed by atoms with Gasteiger partial charge in [-0.15, -0.1) is 0 Å². The zero-order valence-corrected chi connectivity index (χ0v) is 12.1. The van der Waals surface area contributed by atoms with Crippen LogP contribution in [0, 0.1) is 0 Å². The van der Waals surface area contributed by atoms with Crippen molar-refractivity contribution in [2.45, 2.75) is 32.3 Å². The number of nitrogens with one attached hydrogen (secondary N) is 2. The lowest BCUT2D eigenvalue weighted by Gasteiger charge is -2.26. The number of rotatable bonds is 8. The summed E-state index contributed by atoms with van der Waals surface area (Å²) in [4.78, 5) is 35.0. The monoisotopic (exact) mass is 289 g/mol. The van der Waals surface area contributed by atoms with Gasteiger partial charge in [0, 0.05) is 20.1 Å². The fourth-order valence-corrected chi connectivity index (χ4v) is 1.54. The van der Waals surface area contributed by atoms with Crippen molar-refractivity contribution in [1.82, 2.24) is 15.5 Å². The Bertz CT molecular complexity index is 357. The van der Waals surface area contributed by atoms with Crippen LogP contribution < -0.4 is 10.6 Å². The lowest BCUT2D eigenvalue weighted by molar-refractivity contribution is -0.141. The Balaban J connectivity index is 4.45. The zero-order valence-electron chi connectivity index (χ0n) is 12.1. The fourth-order valence-electron chi connectivity index (χ4n) is 1.54. The van der Waals surface area contributed by atoms with Gasteiger partial charge in [0.05, 0.1) is 12.0 Å². The summed E-state index contributed by atoms with van der Waals surface area (Å²) >= 11 is 0. The number of nitrogens with zero attached hydrogens (tertiary/aromatic N) is 1. The van der Waals surface area contributed by atoms with Gasteiger partial charge in [-0.3, -0.25) is 9.59 Å². The number of likely N-dealkylation sites (N-methyl/N-ethyl adjacent to an activating group) is 1. The number of aliphatic hydroxyl groups is 1. The number of amides is 3. The summed E-state index contributed by atoms with van der Waals surface area (Å²) in [6, 6.07) is -0.513. The van der Waals surface area contributed by atoms with E-state index in [0.717, 1.165) is 0 Å². The minimum atomic E-state index is -1.54. The third kappa shape index (κ3) is 7.57. The maximum Gasteiger partial charge on any atom is 0.317 e. The molecule has 0 rings (SSSR count). The standard InChI is InChI=1S/C12H23N3O5/c1-4-5-15(7-9(16)13-3)11(19)14-8-12(2,20)6-10(17)18/h20H,4-8H2,1-3H3,(H,13,16)(H,14,19)(H,17,18). The summed E-state index contributed by atoms with van der Waals surface area (Å²) in [5.74, 6) is -1.45. The molecule has 0 bridgehead atoms. The third-order valence-corrected chi connectivity index (χ3v) is 2.55. The Morgan fingerprint density at radius 2 is 1.90 bits per heavy atom. The molecule has 1 atom stereocenters. The average Bonchev–Trinajstić information content (AvgIpc) is 2.33. The molecule has 0 aromatic heterocycles. The lowest BCUT2D eigenvalue weighted by atomic mass is 10.0. The number of carbonyl (C=O) groups is 3. The number of urea groups is 1. The van der Waals surface area contributed by atoms with Crippen LogP contribution in [0.15, 0.2) is 0 Å². The van der Waals surface area contributed by atoms with E-state index in [1.807, 2.05) is 6.92 Å².